The Labute approximate surface area is 101 Å². The Morgan fingerprint density at radius 1 is 1.47 bits per heavy atom. The van der Waals surface area contributed by atoms with Crippen LogP contribution in [0, 0.1) is 5.82 Å². The largest absolute Gasteiger partial charge is 0.300 e. The van der Waals surface area contributed by atoms with E-state index in [0.717, 1.165) is 25.1 Å². The molecule has 1 heterocycles. The number of benzene rings is 1. The number of ketones is 1. The minimum Gasteiger partial charge on any atom is -0.300 e. The van der Waals surface area contributed by atoms with Crippen LogP contribution in [0.3, 0.4) is 0 Å². The molecule has 0 bridgehead atoms. The van der Waals surface area contributed by atoms with E-state index in [2.05, 4.69) is 11.8 Å². The summed E-state index contributed by atoms with van der Waals surface area (Å²) in [5, 5.41) is 0. The van der Waals surface area contributed by atoms with Gasteiger partial charge in [-0.1, -0.05) is 12.1 Å². The van der Waals surface area contributed by atoms with Gasteiger partial charge >= 0.3 is 0 Å². The Morgan fingerprint density at radius 3 is 3.00 bits per heavy atom. The normalized spacial score (nSPS) is 21.8. The van der Waals surface area contributed by atoms with Crippen molar-refractivity contribution in [2.45, 2.75) is 32.2 Å². The van der Waals surface area contributed by atoms with Crippen LogP contribution >= 0.6 is 0 Å². The summed E-state index contributed by atoms with van der Waals surface area (Å²) in [6.07, 6.45) is 2.16. The molecule has 2 rings (SSSR count). The minimum atomic E-state index is -0.177. The van der Waals surface area contributed by atoms with E-state index in [4.69, 9.17) is 0 Å². The molecule has 1 saturated heterocycles. The van der Waals surface area contributed by atoms with Gasteiger partial charge in [0.2, 0.25) is 0 Å². The molecule has 0 amide bonds. The highest BCUT2D eigenvalue weighted by atomic mass is 19.1. The van der Waals surface area contributed by atoms with Crippen molar-refractivity contribution < 1.29 is 9.18 Å². The highest BCUT2D eigenvalue weighted by molar-refractivity contribution is 5.79. The minimum absolute atomic E-state index is 0.177. The van der Waals surface area contributed by atoms with Gasteiger partial charge in [-0.15, -0.1) is 0 Å². The molecule has 17 heavy (non-hydrogen) atoms. The maximum Gasteiger partial charge on any atom is 0.135 e. The zero-order valence-corrected chi connectivity index (χ0v) is 10.2. The molecule has 92 valence electrons. The van der Waals surface area contributed by atoms with Crippen LogP contribution < -0.4 is 0 Å². The van der Waals surface area contributed by atoms with Crippen molar-refractivity contribution in [3.05, 3.63) is 35.6 Å². The molecule has 1 atom stereocenters. The number of Topliss-reactive ketones (excluding diaryl/α,β-unsaturated/α-hetero) is 1. The van der Waals surface area contributed by atoms with Crippen molar-refractivity contribution in [2.75, 3.05) is 13.1 Å². The summed E-state index contributed by atoms with van der Waals surface area (Å²) in [7, 11) is 0. The van der Waals surface area contributed by atoms with Gasteiger partial charge in [0, 0.05) is 32.0 Å². The highest BCUT2D eigenvalue weighted by Gasteiger charge is 2.22. The van der Waals surface area contributed by atoms with E-state index in [-0.39, 0.29) is 5.82 Å². The summed E-state index contributed by atoms with van der Waals surface area (Å²) < 4.78 is 13.0. The molecule has 0 aliphatic carbocycles. The summed E-state index contributed by atoms with van der Waals surface area (Å²) in [5.74, 6) is 0.184. The van der Waals surface area contributed by atoms with Crippen LogP contribution in [0.1, 0.15) is 25.3 Å². The molecule has 0 saturated carbocycles. The van der Waals surface area contributed by atoms with Crippen LogP contribution in [0.25, 0.3) is 0 Å². The average molecular weight is 235 g/mol. The average Bonchev–Trinajstić information content (AvgIpc) is 2.28. The third kappa shape index (κ3) is 3.37. The van der Waals surface area contributed by atoms with Crippen molar-refractivity contribution in [1.82, 2.24) is 4.90 Å². The van der Waals surface area contributed by atoms with Gasteiger partial charge in [0.05, 0.1) is 0 Å². The number of hydrogen-bond donors (Lipinski definition) is 0. The van der Waals surface area contributed by atoms with E-state index in [1.807, 2.05) is 6.07 Å². The van der Waals surface area contributed by atoms with Crippen LogP contribution in [-0.4, -0.2) is 29.8 Å². The number of rotatable bonds is 3. The van der Waals surface area contributed by atoms with E-state index < -0.39 is 0 Å². The molecule has 2 nitrogen and oxygen atoms in total. The molecule has 1 aromatic carbocycles. The zero-order valence-electron chi connectivity index (χ0n) is 10.2. The molecule has 1 unspecified atom stereocenters. The summed E-state index contributed by atoms with van der Waals surface area (Å²) >= 11 is 0. The second kappa shape index (κ2) is 5.41. The molecule has 3 heteroatoms. The first-order valence-electron chi connectivity index (χ1n) is 6.15. The Hall–Kier alpha value is -1.22. The molecular weight excluding hydrogens is 217 g/mol. The van der Waals surface area contributed by atoms with Crippen molar-refractivity contribution in [3.63, 3.8) is 0 Å². The summed E-state index contributed by atoms with van der Waals surface area (Å²) in [6.45, 7) is 3.83. The lowest BCUT2D eigenvalue weighted by Crippen LogP contribution is -2.41. The van der Waals surface area contributed by atoms with Crippen LogP contribution in [0.5, 0.6) is 0 Å². The lowest BCUT2D eigenvalue weighted by Gasteiger charge is -2.32. The van der Waals surface area contributed by atoms with E-state index in [9.17, 15) is 9.18 Å². The standard InChI is InChI=1S/C14H18FNO/c1-11-9-14(17)6-8-16(11)7-5-12-3-2-4-13(15)10-12/h2-4,10-11H,5-9H2,1H3. The van der Waals surface area contributed by atoms with Gasteiger partial charge in [0.1, 0.15) is 11.6 Å². The highest BCUT2D eigenvalue weighted by Crippen LogP contribution is 2.14. The first-order chi connectivity index (χ1) is 8.15. The van der Waals surface area contributed by atoms with Gasteiger partial charge in [-0.2, -0.15) is 0 Å². The fourth-order valence-corrected chi connectivity index (χ4v) is 2.35. The van der Waals surface area contributed by atoms with E-state index in [0.29, 0.717) is 24.7 Å². The van der Waals surface area contributed by atoms with E-state index in [1.165, 1.54) is 6.07 Å². The molecule has 0 aromatic heterocycles. The number of likely N-dealkylation sites (tertiary alicyclic amines) is 1. The van der Waals surface area contributed by atoms with Crippen molar-refractivity contribution >= 4 is 5.78 Å². The number of hydrogen-bond acceptors (Lipinski definition) is 2. The van der Waals surface area contributed by atoms with Crippen LogP contribution in [-0.2, 0) is 11.2 Å². The summed E-state index contributed by atoms with van der Waals surface area (Å²) in [4.78, 5) is 13.6. The van der Waals surface area contributed by atoms with Gasteiger partial charge in [0.15, 0.2) is 0 Å². The maximum atomic E-state index is 13.0. The Kier molecular flexibility index (Phi) is 3.89. The zero-order chi connectivity index (χ0) is 12.3. The van der Waals surface area contributed by atoms with Gasteiger partial charge in [-0.3, -0.25) is 9.69 Å². The van der Waals surface area contributed by atoms with Crippen LogP contribution in [0.15, 0.2) is 24.3 Å². The lowest BCUT2D eigenvalue weighted by molar-refractivity contribution is -0.122. The number of carbonyl (C=O) groups excluding carboxylic acids is 1. The van der Waals surface area contributed by atoms with Gasteiger partial charge in [0.25, 0.3) is 0 Å². The van der Waals surface area contributed by atoms with Crippen LogP contribution in [0.2, 0.25) is 0 Å². The molecule has 1 aliphatic heterocycles. The number of halogens is 1. The fraction of sp³-hybridized carbons (Fsp3) is 0.500. The molecule has 1 aromatic rings. The maximum absolute atomic E-state index is 13.0. The van der Waals surface area contributed by atoms with Crippen molar-refractivity contribution in [2.24, 2.45) is 0 Å². The molecule has 0 radical (unpaired) electrons. The quantitative estimate of drug-likeness (QED) is 0.802. The Balaban J connectivity index is 1.88. The SMILES string of the molecule is CC1CC(=O)CCN1CCc1cccc(F)c1. The topological polar surface area (TPSA) is 20.3 Å². The number of nitrogens with zero attached hydrogens (tertiary/aromatic N) is 1. The monoisotopic (exact) mass is 235 g/mol. The van der Waals surface area contributed by atoms with Gasteiger partial charge < -0.3 is 0 Å². The summed E-state index contributed by atoms with van der Waals surface area (Å²) in [5.41, 5.74) is 1.02. The Bertz CT molecular complexity index is 405. The predicted molar refractivity (Wildman–Crippen MR) is 65.4 cm³/mol. The van der Waals surface area contributed by atoms with E-state index in [1.54, 1.807) is 12.1 Å². The fourth-order valence-electron chi connectivity index (χ4n) is 2.35. The number of piperidine rings is 1. The first-order valence-corrected chi connectivity index (χ1v) is 6.15. The van der Waals surface area contributed by atoms with Crippen molar-refractivity contribution in [3.8, 4) is 0 Å². The smallest absolute Gasteiger partial charge is 0.135 e. The second-order valence-corrected chi connectivity index (χ2v) is 4.76. The predicted octanol–water partition coefficient (Wildman–Crippen LogP) is 2.42. The first kappa shape index (κ1) is 12.2. The van der Waals surface area contributed by atoms with Gasteiger partial charge in [-0.25, -0.2) is 4.39 Å². The molecule has 0 N–H and O–H groups in total. The molecule has 1 aliphatic rings. The van der Waals surface area contributed by atoms with E-state index >= 15 is 0 Å². The third-order valence-corrected chi connectivity index (χ3v) is 3.40. The number of carbonyl (C=O) groups is 1. The molecule has 1 fully saturated rings. The van der Waals surface area contributed by atoms with Crippen LogP contribution in [0.4, 0.5) is 4.39 Å². The Morgan fingerprint density at radius 2 is 2.29 bits per heavy atom. The third-order valence-electron chi connectivity index (χ3n) is 3.40. The molecular formula is C14H18FNO. The lowest BCUT2D eigenvalue weighted by atomic mass is 10.0. The van der Waals surface area contributed by atoms with Crippen molar-refractivity contribution in [1.29, 1.82) is 0 Å². The summed E-state index contributed by atoms with van der Waals surface area (Å²) in [6, 6.07) is 7.06. The second-order valence-electron chi connectivity index (χ2n) is 4.76. The van der Waals surface area contributed by atoms with Gasteiger partial charge in [-0.05, 0) is 31.0 Å². The molecule has 0 spiro atoms.